The Morgan fingerprint density at radius 1 is 1.46 bits per heavy atom. The van der Waals surface area contributed by atoms with Crippen molar-refractivity contribution in [3.63, 3.8) is 0 Å². The Labute approximate surface area is 74.3 Å². The molecule has 0 radical (unpaired) electrons. The number of carbonyl (C=O) groups excluding carboxylic acids is 1. The molecule has 1 aliphatic heterocycles. The van der Waals surface area contributed by atoms with Crippen LogP contribution in [-0.4, -0.2) is 17.6 Å². The molecular weight excluding hydrogens is 170 g/mol. The zero-order chi connectivity index (χ0) is 9.26. The van der Waals surface area contributed by atoms with Gasteiger partial charge in [0.15, 0.2) is 0 Å². The van der Waals surface area contributed by atoms with Crippen LogP contribution in [-0.2, 0) is 4.79 Å². The molecule has 0 saturated carbocycles. The predicted molar refractivity (Wildman–Crippen MR) is 45.3 cm³/mol. The first-order valence-electron chi connectivity index (χ1n) is 3.77. The molecule has 13 heavy (non-hydrogen) atoms. The molecule has 5 heteroatoms. The van der Waals surface area contributed by atoms with Crippen molar-refractivity contribution >= 4 is 11.6 Å². The van der Waals surface area contributed by atoms with Gasteiger partial charge in [-0.2, -0.15) is 10.1 Å². The third kappa shape index (κ3) is 1.35. The molecule has 2 rings (SSSR count). The van der Waals surface area contributed by atoms with Gasteiger partial charge >= 0.3 is 0 Å². The highest BCUT2D eigenvalue weighted by Crippen LogP contribution is 2.22. The minimum atomic E-state index is -0.189. The minimum Gasteiger partial charge on any atom is -0.508 e. The Hall–Kier alpha value is -1.91. The van der Waals surface area contributed by atoms with E-state index in [1.54, 1.807) is 12.1 Å². The number of nitrogens with zero attached hydrogens (tertiary/aromatic N) is 3. The van der Waals surface area contributed by atoms with Crippen molar-refractivity contribution in [1.29, 1.82) is 0 Å². The molecule has 1 aliphatic rings. The maximum atomic E-state index is 11.1. The maximum Gasteiger partial charge on any atom is 0.272 e. The molecule has 0 aromatic heterocycles. The lowest BCUT2D eigenvalue weighted by molar-refractivity contribution is -0.116. The third-order valence-corrected chi connectivity index (χ3v) is 1.67. The van der Waals surface area contributed by atoms with E-state index in [2.05, 4.69) is 10.3 Å². The number of rotatable bonds is 1. The van der Waals surface area contributed by atoms with Gasteiger partial charge in [0.05, 0.1) is 5.69 Å². The molecule has 1 N–H and O–H groups in total. The third-order valence-electron chi connectivity index (χ3n) is 1.67. The number of hydrogen-bond donors (Lipinski definition) is 1. The monoisotopic (exact) mass is 177 g/mol. The van der Waals surface area contributed by atoms with Crippen molar-refractivity contribution < 1.29 is 9.90 Å². The molecule has 0 atom stereocenters. The van der Waals surface area contributed by atoms with Gasteiger partial charge in [-0.05, 0) is 12.1 Å². The molecule has 0 spiro atoms. The number of phenolic OH excluding ortho intramolecular Hbond substituents is 1. The van der Waals surface area contributed by atoms with E-state index in [1.807, 2.05) is 0 Å². The van der Waals surface area contributed by atoms with E-state index in [-0.39, 0.29) is 18.2 Å². The SMILES string of the molecule is O=C1CN=NN1c1cccc(O)c1. The first-order chi connectivity index (χ1) is 6.27. The van der Waals surface area contributed by atoms with Crippen LogP contribution in [0.3, 0.4) is 0 Å². The number of aromatic hydroxyl groups is 1. The molecule has 0 aliphatic carbocycles. The molecule has 0 saturated heterocycles. The van der Waals surface area contributed by atoms with E-state index in [0.29, 0.717) is 5.69 Å². The van der Waals surface area contributed by atoms with Crippen molar-refractivity contribution in [2.45, 2.75) is 0 Å². The normalized spacial score (nSPS) is 15.4. The molecular formula is C8H7N3O2. The number of carbonyl (C=O) groups is 1. The zero-order valence-corrected chi connectivity index (χ0v) is 6.71. The summed E-state index contributed by atoms with van der Waals surface area (Å²) >= 11 is 0. The van der Waals surface area contributed by atoms with Crippen molar-refractivity contribution in [2.75, 3.05) is 11.6 Å². The summed E-state index contributed by atoms with van der Waals surface area (Å²) in [4.78, 5) is 11.1. The van der Waals surface area contributed by atoms with Crippen LogP contribution in [0.5, 0.6) is 5.75 Å². The van der Waals surface area contributed by atoms with E-state index in [4.69, 9.17) is 5.11 Å². The first kappa shape index (κ1) is 7.72. The highest BCUT2D eigenvalue weighted by molar-refractivity contribution is 5.95. The van der Waals surface area contributed by atoms with Crippen LogP contribution in [0, 0.1) is 0 Å². The Morgan fingerprint density at radius 2 is 2.31 bits per heavy atom. The summed E-state index contributed by atoms with van der Waals surface area (Å²) in [6, 6.07) is 6.32. The second-order valence-corrected chi connectivity index (χ2v) is 2.61. The van der Waals surface area contributed by atoms with Crippen molar-refractivity contribution in [1.82, 2.24) is 0 Å². The Bertz CT molecular complexity index is 375. The van der Waals surface area contributed by atoms with Gasteiger partial charge in [-0.3, -0.25) is 4.79 Å². The van der Waals surface area contributed by atoms with Gasteiger partial charge in [-0.15, -0.1) is 0 Å². The van der Waals surface area contributed by atoms with Crippen LogP contribution in [0.2, 0.25) is 0 Å². The topological polar surface area (TPSA) is 65.3 Å². The van der Waals surface area contributed by atoms with Gasteiger partial charge in [-0.1, -0.05) is 11.3 Å². The summed E-state index contributed by atoms with van der Waals surface area (Å²) in [6.45, 7) is 0.0790. The Morgan fingerprint density at radius 3 is 2.92 bits per heavy atom. The molecule has 0 bridgehead atoms. The first-order valence-corrected chi connectivity index (χ1v) is 3.77. The average molecular weight is 177 g/mol. The highest BCUT2D eigenvalue weighted by Gasteiger charge is 2.19. The summed E-state index contributed by atoms with van der Waals surface area (Å²) in [5, 5.41) is 17.5. The van der Waals surface area contributed by atoms with Gasteiger partial charge in [0.1, 0.15) is 12.3 Å². The van der Waals surface area contributed by atoms with E-state index in [9.17, 15) is 4.79 Å². The van der Waals surface area contributed by atoms with Crippen molar-refractivity contribution in [3.05, 3.63) is 24.3 Å². The lowest BCUT2D eigenvalue weighted by Gasteiger charge is -2.09. The highest BCUT2D eigenvalue weighted by atomic mass is 16.3. The number of benzene rings is 1. The fraction of sp³-hybridized carbons (Fsp3) is 0.125. The zero-order valence-electron chi connectivity index (χ0n) is 6.71. The van der Waals surface area contributed by atoms with Crippen LogP contribution in [0.4, 0.5) is 5.69 Å². The lowest BCUT2D eigenvalue weighted by Crippen LogP contribution is -2.21. The summed E-state index contributed by atoms with van der Waals surface area (Å²) in [5.74, 6) is -0.0852. The molecule has 0 unspecified atom stereocenters. The maximum absolute atomic E-state index is 11.1. The van der Waals surface area contributed by atoms with Gasteiger partial charge in [0, 0.05) is 6.07 Å². The van der Waals surface area contributed by atoms with Crippen LogP contribution < -0.4 is 5.01 Å². The van der Waals surface area contributed by atoms with Crippen molar-refractivity contribution in [3.8, 4) is 5.75 Å². The number of anilines is 1. The predicted octanol–water partition coefficient (Wildman–Crippen LogP) is 1.11. The number of hydrogen-bond acceptors (Lipinski definition) is 4. The molecule has 66 valence electrons. The van der Waals surface area contributed by atoms with Crippen LogP contribution in [0.25, 0.3) is 0 Å². The van der Waals surface area contributed by atoms with E-state index < -0.39 is 0 Å². The smallest absolute Gasteiger partial charge is 0.272 e. The Kier molecular flexibility index (Phi) is 1.70. The van der Waals surface area contributed by atoms with E-state index in [1.165, 1.54) is 17.1 Å². The standard InChI is InChI=1S/C8H7N3O2/c12-7-3-1-2-6(4-7)11-8(13)5-9-10-11/h1-4,12H,5H2. The molecule has 0 fully saturated rings. The van der Waals surface area contributed by atoms with Gasteiger partial charge in [0.25, 0.3) is 5.91 Å². The Balaban J connectivity index is 2.35. The van der Waals surface area contributed by atoms with Crippen LogP contribution in [0.15, 0.2) is 34.6 Å². The average Bonchev–Trinajstić information content (AvgIpc) is 2.51. The van der Waals surface area contributed by atoms with Gasteiger partial charge in [-0.25, -0.2) is 0 Å². The summed E-state index contributed by atoms with van der Waals surface area (Å²) in [6.07, 6.45) is 0. The second-order valence-electron chi connectivity index (χ2n) is 2.61. The summed E-state index contributed by atoms with van der Waals surface area (Å²) < 4.78 is 0. The fourth-order valence-electron chi connectivity index (χ4n) is 1.09. The molecule has 1 heterocycles. The number of phenols is 1. The molecule has 1 aromatic rings. The molecule has 5 nitrogen and oxygen atoms in total. The van der Waals surface area contributed by atoms with Gasteiger partial charge in [0.2, 0.25) is 0 Å². The second kappa shape index (κ2) is 2.85. The summed E-state index contributed by atoms with van der Waals surface area (Å²) in [5.41, 5.74) is 0.534. The lowest BCUT2D eigenvalue weighted by atomic mass is 10.3. The van der Waals surface area contributed by atoms with Crippen LogP contribution >= 0.6 is 0 Å². The molecule has 1 aromatic carbocycles. The summed E-state index contributed by atoms with van der Waals surface area (Å²) in [7, 11) is 0. The quantitative estimate of drug-likeness (QED) is 0.698. The fourth-order valence-corrected chi connectivity index (χ4v) is 1.09. The van der Waals surface area contributed by atoms with E-state index in [0.717, 1.165) is 0 Å². The van der Waals surface area contributed by atoms with E-state index >= 15 is 0 Å². The minimum absolute atomic E-state index is 0.0790. The van der Waals surface area contributed by atoms with Gasteiger partial charge < -0.3 is 5.11 Å². The van der Waals surface area contributed by atoms with Crippen molar-refractivity contribution in [2.24, 2.45) is 10.3 Å². The van der Waals surface area contributed by atoms with Crippen LogP contribution in [0.1, 0.15) is 0 Å². The largest absolute Gasteiger partial charge is 0.508 e. The number of amides is 1. The molecule has 1 amide bonds.